The summed E-state index contributed by atoms with van der Waals surface area (Å²) in [4.78, 5) is 11.6. The van der Waals surface area contributed by atoms with E-state index in [-0.39, 0.29) is 6.42 Å². The fourth-order valence-corrected chi connectivity index (χ4v) is 2.83. The van der Waals surface area contributed by atoms with E-state index in [1.54, 1.807) is 24.3 Å². The minimum absolute atomic E-state index is 0.190. The topological polar surface area (TPSA) is 46.5 Å². The van der Waals surface area contributed by atoms with Crippen molar-refractivity contribution in [2.75, 3.05) is 0 Å². The number of fused-ring (bicyclic) bond motifs is 1. The molecular weight excluding hydrogens is 347 g/mol. The van der Waals surface area contributed by atoms with Crippen molar-refractivity contribution in [2.45, 2.75) is 12.5 Å². The molecule has 0 amide bonds. The molecule has 0 heterocycles. The molecule has 0 fully saturated rings. The molecule has 3 aromatic rings. The number of halogens is 2. The second-order valence-electron chi connectivity index (χ2n) is 5.37. The van der Waals surface area contributed by atoms with Crippen LogP contribution in [-0.4, -0.2) is 17.2 Å². The van der Waals surface area contributed by atoms with E-state index in [0.717, 1.165) is 16.3 Å². The van der Waals surface area contributed by atoms with Gasteiger partial charge in [-0.2, -0.15) is 0 Å². The van der Waals surface area contributed by atoms with Gasteiger partial charge in [-0.05, 0) is 29.1 Å². The smallest absolute Gasteiger partial charge is 0.345 e. The Balaban J connectivity index is 1.88. The molecule has 3 nitrogen and oxygen atoms in total. The summed E-state index contributed by atoms with van der Waals surface area (Å²) in [6, 6.07) is 18.3. The van der Waals surface area contributed by atoms with Crippen molar-refractivity contribution < 1.29 is 14.6 Å². The van der Waals surface area contributed by atoms with Gasteiger partial charge in [-0.1, -0.05) is 65.7 Å². The van der Waals surface area contributed by atoms with Crippen LogP contribution in [0.3, 0.4) is 0 Å². The van der Waals surface area contributed by atoms with Gasteiger partial charge in [0, 0.05) is 11.8 Å². The number of ether oxygens (including phenoxy) is 1. The largest absolute Gasteiger partial charge is 0.478 e. The zero-order valence-electron chi connectivity index (χ0n) is 12.6. The number of carboxylic acids is 1. The molecule has 122 valence electrons. The second kappa shape index (κ2) is 7.12. The number of rotatable bonds is 5. The average molecular weight is 361 g/mol. The number of benzene rings is 3. The first-order valence-corrected chi connectivity index (χ1v) is 8.11. The highest BCUT2D eigenvalue weighted by Gasteiger charge is 2.21. The molecular formula is C19H14Cl2O3. The van der Waals surface area contributed by atoms with Crippen LogP contribution in [0.5, 0.6) is 5.75 Å². The fraction of sp³-hybridized carbons (Fsp3) is 0.105. The van der Waals surface area contributed by atoms with Gasteiger partial charge in [0.15, 0.2) is 6.10 Å². The average Bonchev–Trinajstić information content (AvgIpc) is 2.57. The molecule has 0 radical (unpaired) electrons. The van der Waals surface area contributed by atoms with E-state index >= 15 is 0 Å². The van der Waals surface area contributed by atoms with Crippen LogP contribution < -0.4 is 4.74 Å². The van der Waals surface area contributed by atoms with Crippen molar-refractivity contribution in [3.63, 3.8) is 0 Å². The van der Waals surface area contributed by atoms with Crippen molar-refractivity contribution in [1.82, 2.24) is 0 Å². The quantitative estimate of drug-likeness (QED) is 0.678. The van der Waals surface area contributed by atoms with Crippen molar-refractivity contribution in [1.29, 1.82) is 0 Å². The van der Waals surface area contributed by atoms with E-state index in [2.05, 4.69) is 0 Å². The van der Waals surface area contributed by atoms with E-state index in [4.69, 9.17) is 27.9 Å². The summed E-state index contributed by atoms with van der Waals surface area (Å²) in [7, 11) is 0. The fourth-order valence-electron chi connectivity index (χ4n) is 2.51. The van der Waals surface area contributed by atoms with E-state index in [9.17, 15) is 9.90 Å². The molecule has 24 heavy (non-hydrogen) atoms. The zero-order chi connectivity index (χ0) is 17.1. The van der Waals surface area contributed by atoms with E-state index in [1.165, 1.54) is 0 Å². The Morgan fingerprint density at radius 2 is 1.75 bits per heavy atom. The standard InChI is InChI=1S/C19H14Cl2O3/c20-15-9-8-12(10-16(15)21)11-18(19(22)23)24-17-7-3-5-13-4-1-2-6-14(13)17/h1-10,18H,11H2,(H,22,23)/t18-/m1/s1. The van der Waals surface area contributed by atoms with Crippen LogP contribution in [0.15, 0.2) is 60.7 Å². The van der Waals surface area contributed by atoms with Gasteiger partial charge >= 0.3 is 5.97 Å². The number of carbonyl (C=O) groups is 1. The molecule has 1 atom stereocenters. The van der Waals surface area contributed by atoms with Gasteiger partial charge in [0.25, 0.3) is 0 Å². The Labute approximate surface area is 149 Å². The minimum Gasteiger partial charge on any atom is -0.478 e. The molecule has 0 spiro atoms. The Bertz CT molecular complexity index is 887. The minimum atomic E-state index is -1.03. The van der Waals surface area contributed by atoms with E-state index in [0.29, 0.717) is 15.8 Å². The number of aliphatic carboxylic acids is 1. The molecule has 3 rings (SSSR count). The summed E-state index contributed by atoms with van der Waals surface area (Å²) in [6.07, 6.45) is -0.830. The Kier molecular flexibility index (Phi) is 4.93. The number of carboxylic acid groups (broad SMARTS) is 1. The first-order chi connectivity index (χ1) is 11.5. The van der Waals surface area contributed by atoms with E-state index < -0.39 is 12.1 Å². The van der Waals surface area contributed by atoms with Crippen LogP contribution in [0.4, 0.5) is 0 Å². The highest BCUT2D eigenvalue weighted by Crippen LogP contribution is 2.28. The normalized spacial score (nSPS) is 12.1. The zero-order valence-corrected chi connectivity index (χ0v) is 14.1. The summed E-state index contributed by atoms with van der Waals surface area (Å²) in [5.41, 5.74) is 0.747. The van der Waals surface area contributed by atoms with Crippen LogP contribution in [0.1, 0.15) is 5.56 Å². The Morgan fingerprint density at radius 1 is 1.00 bits per heavy atom. The molecule has 0 saturated carbocycles. The van der Waals surface area contributed by atoms with Crippen molar-refractivity contribution >= 4 is 39.9 Å². The maximum absolute atomic E-state index is 11.6. The molecule has 0 aliphatic carbocycles. The van der Waals surface area contributed by atoms with Gasteiger partial charge in [0.1, 0.15) is 5.75 Å². The molecule has 0 aromatic heterocycles. The lowest BCUT2D eigenvalue weighted by Crippen LogP contribution is -2.29. The molecule has 0 aliphatic heterocycles. The number of hydrogen-bond donors (Lipinski definition) is 1. The molecule has 1 N–H and O–H groups in total. The maximum Gasteiger partial charge on any atom is 0.345 e. The highest BCUT2D eigenvalue weighted by atomic mass is 35.5. The summed E-state index contributed by atoms with van der Waals surface area (Å²) in [5.74, 6) is -0.491. The Hall–Kier alpha value is -2.23. The Morgan fingerprint density at radius 3 is 2.50 bits per heavy atom. The van der Waals surface area contributed by atoms with Crippen LogP contribution in [0, 0.1) is 0 Å². The van der Waals surface area contributed by atoms with Gasteiger partial charge in [-0.25, -0.2) is 4.79 Å². The third-order valence-electron chi connectivity index (χ3n) is 3.70. The van der Waals surface area contributed by atoms with Crippen LogP contribution in [0.25, 0.3) is 10.8 Å². The van der Waals surface area contributed by atoms with Gasteiger partial charge in [-0.15, -0.1) is 0 Å². The van der Waals surface area contributed by atoms with Crippen LogP contribution in [0.2, 0.25) is 10.0 Å². The third kappa shape index (κ3) is 3.64. The molecule has 0 aliphatic rings. The van der Waals surface area contributed by atoms with Gasteiger partial charge in [0.2, 0.25) is 0 Å². The molecule has 0 unspecified atom stereocenters. The molecule has 3 aromatic carbocycles. The van der Waals surface area contributed by atoms with Crippen LogP contribution in [-0.2, 0) is 11.2 Å². The molecule has 0 bridgehead atoms. The first-order valence-electron chi connectivity index (χ1n) is 7.36. The lowest BCUT2D eigenvalue weighted by Gasteiger charge is -2.17. The summed E-state index contributed by atoms with van der Waals surface area (Å²) >= 11 is 11.9. The lowest BCUT2D eigenvalue weighted by molar-refractivity contribution is -0.144. The second-order valence-corrected chi connectivity index (χ2v) is 6.19. The van der Waals surface area contributed by atoms with Crippen molar-refractivity contribution in [3.8, 4) is 5.75 Å². The maximum atomic E-state index is 11.6. The summed E-state index contributed by atoms with van der Waals surface area (Å²) in [5, 5.41) is 12.2. The highest BCUT2D eigenvalue weighted by molar-refractivity contribution is 6.42. The SMILES string of the molecule is O=C(O)[C@@H](Cc1ccc(Cl)c(Cl)c1)Oc1cccc2ccccc12. The first kappa shape index (κ1) is 16.6. The van der Waals surface area contributed by atoms with Crippen LogP contribution >= 0.6 is 23.2 Å². The monoisotopic (exact) mass is 360 g/mol. The van der Waals surface area contributed by atoms with Gasteiger partial charge in [-0.3, -0.25) is 0 Å². The van der Waals surface area contributed by atoms with Gasteiger partial charge in [0.05, 0.1) is 10.0 Å². The molecule has 5 heteroatoms. The predicted octanol–water partition coefficient (Wildman–Crippen LogP) is 5.22. The molecule has 0 saturated heterocycles. The van der Waals surface area contributed by atoms with Gasteiger partial charge < -0.3 is 9.84 Å². The van der Waals surface area contributed by atoms with Crippen molar-refractivity contribution in [3.05, 3.63) is 76.3 Å². The predicted molar refractivity (Wildman–Crippen MR) is 96.2 cm³/mol. The number of hydrogen-bond acceptors (Lipinski definition) is 2. The summed E-state index contributed by atoms with van der Waals surface area (Å²) < 4.78 is 5.79. The summed E-state index contributed by atoms with van der Waals surface area (Å²) in [6.45, 7) is 0. The lowest BCUT2D eigenvalue weighted by atomic mass is 10.1. The third-order valence-corrected chi connectivity index (χ3v) is 4.44. The van der Waals surface area contributed by atoms with Crippen molar-refractivity contribution in [2.24, 2.45) is 0 Å². The van der Waals surface area contributed by atoms with E-state index in [1.807, 2.05) is 36.4 Å².